The molecule has 10 heteroatoms. The molecule has 0 bridgehead atoms. The summed E-state index contributed by atoms with van der Waals surface area (Å²) in [5, 5.41) is 0. The smallest absolute Gasteiger partial charge is 0.266 e. The number of benzene rings is 2. The van der Waals surface area contributed by atoms with Gasteiger partial charge in [-0.2, -0.15) is 16.8 Å². The van der Waals surface area contributed by atoms with Gasteiger partial charge in [-0.05, 0) is 37.1 Å². The predicted octanol–water partition coefficient (Wildman–Crippen LogP) is 3.21. The molecule has 0 saturated heterocycles. The third-order valence-electron chi connectivity index (χ3n) is 4.08. The maximum Gasteiger partial charge on any atom is 0.290 e. The van der Waals surface area contributed by atoms with Crippen molar-refractivity contribution in [1.29, 1.82) is 0 Å². The fraction of sp³-hybridized carbons (Fsp3) is 0.368. The van der Waals surface area contributed by atoms with Crippen LogP contribution in [0.4, 0.5) is 0 Å². The van der Waals surface area contributed by atoms with Crippen molar-refractivity contribution in [2.75, 3.05) is 12.0 Å². The molecule has 7 nitrogen and oxygen atoms in total. The molecule has 2 rings (SSSR count). The predicted molar refractivity (Wildman–Crippen MR) is 113 cm³/mol. The molecule has 0 aliphatic carbocycles. The van der Waals surface area contributed by atoms with E-state index in [2.05, 4.69) is 3.77 Å². The molecular formula is C19H25NO6S3. The summed E-state index contributed by atoms with van der Waals surface area (Å²) in [6.07, 6.45) is -0.109. The van der Waals surface area contributed by atoms with Gasteiger partial charge in [0, 0.05) is 4.90 Å². The van der Waals surface area contributed by atoms with E-state index in [1.165, 1.54) is 24.3 Å². The van der Waals surface area contributed by atoms with Gasteiger partial charge in [0.2, 0.25) is 0 Å². The highest BCUT2D eigenvalue weighted by Crippen LogP contribution is 2.24. The maximum atomic E-state index is 13.8. The van der Waals surface area contributed by atoms with E-state index in [1.807, 2.05) is 6.92 Å². The molecule has 0 unspecified atom stereocenters. The van der Waals surface area contributed by atoms with E-state index in [1.54, 1.807) is 44.2 Å². The monoisotopic (exact) mass is 459 g/mol. The summed E-state index contributed by atoms with van der Waals surface area (Å²) in [6, 6.07) is 14.0. The zero-order valence-corrected chi connectivity index (χ0v) is 19.1. The van der Waals surface area contributed by atoms with Gasteiger partial charge in [0.1, 0.15) is 0 Å². The van der Waals surface area contributed by atoms with Gasteiger partial charge in [-0.15, -0.1) is 3.77 Å². The second-order valence-corrected chi connectivity index (χ2v) is 12.8. The summed E-state index contributed by atoms with van der Waals surface area (Å²) in [7, 11) is -11.6. The molecule has 0 spiro atoms. The molecule has 0 aliphatic rings. The van der Waals surface area contributed by atoms with Gasteiger partial charge in [0.15, 0.2) is 0 Å². The highest BCUT2D eigenvalue weighted by molar-refractivity contribution is 8.03. The lowest BCUT2D eigenvalue weighted by Crippen LogP contribution is -2.31. The van der Waals surface area contributed by atoms with E-state index < -0.39 is 36.0 Å². The summed E-state index contributed by atoms with van der Waals surface area (Å²) in [5.41, 5.74) is 0.870. The first kappa shape index (κ1) is 23.5. The van der Waals surface area contributed by atoms with Crippen molar-refractivity contribution in [3.05, 3.63) is 60.2 Å². The second-order valence-electron chi connectivity index (χ2n) is 7.07. The van der Waals surface area contributed by atoms with E-state index in [-0.39, 0.29) is 21.5 Å². The van der Waals surface area contributed by atoms with Crippen molar-refractivity contribution in [2.45, 2.75) is 36.7 Å². The summed E-state index contributed by atoms with van der Waals surface area (Å²) in [4.78, 5) is 0.107. The first-order chi connectivity index (χ1) is 13.3. The van der Waals surface area contributed by atoms with E-state index in [0.717, 1.165) is 11.8 Å². The van der Waals surface area contributed by atoms with Crippen LogP contribution in [0.5, 0.6) is 0 Å². The van der Waals surface area contributed by atoms with Crippen LogP contribution in [0.3, 0.4) is 0 Å². The second kappa shape index (κ2) is 8.95. The number of aryl methyl sites for hydroxylation is 1. The Hall–Kier alpha value is -1.75. The Morgan fingerprint density at radius 3 is 1.90 bits per heavy atom. The summed E-state index contributed by atoms with van der Waals surface area (Å²) in [6.45, 7) is 5.22. The highest BCUT2D eigenvalue weighted by atomic mass is 32.3. The number of rotatable bonds is 8. The van der Waals surface area contributed by atoms with Crippen LogP contribution in [0.25, 0.3) is 0 Å². The lowest BCUT2D eigenvalue weighted by molar-refractivity contribution is 0.183. The van der Waals surface area contributed by atoms with E-state index in [4.69, 9.17) is 4.18 Å². The fourth-order valence-corrected chi connectivity index (χ4v) is 7.67. The molecule has 0 heterocycles. The minimum absolute atomic E-state index is 0.0862. The van der Waals surface area contributed by atoms with Gasteiger partial charge < -0.3 is 0 Å². The lowest BCUT2D eigenvalue weighted by atomic mass is 10.1. The standard InChI is InChI=1S/C19H25NO6S3/c1-15(2)19(26-27(4,21)22)14-28(23,17-8-6-5-7-9-17)20-29(24,25)18-12-10-16(3)11-13-18/h5-13,15,19H,14H2,1-4H3/t19-,28+/m0/s1. The van der Waals surface area contributed by atoms with Crippen molar-refractivity contribution in [3.63, 3.8) is 0 Å². The van der Waals surface area contributed by atoms with Crippen LogP contribution in [-0.2, 0) is 34.1 Å². The van der Waals surface area contributed by atoms with Crippen LogP contribution in [0, 0.1) is 12.8 Å². The van der Waals surface area contributed by atoms with E-state index in [9.17, 15) is 21.0 Å². The minimum Gasteiger partial charge on any atom is -0.266 e. The largest absolute Gasteiger partial charge is 0.290 e. The van der Waals surface area contributed by atoms with Crippen molar-refractivity contribution >= 4 is 29.9 Å². The Balaban J connectivity index is 2.64. The first-order valence-electron chi connectivity index (χ1n) is 8.83. The number of sulfonamides is 1. The topological polar surface area (TPSA) is 107 Å². The zero-order chi connectivity index (χ0) is 21.9. The Kier molecular flexibility index (Phi) is 7.26. The average molecular weight is 460 g/mol. The van der Waals surface area contributed by atoms with Gasteiger partial charge in [0.25, 0.3) is 20.1 Å². The van der Waals surface area contributed by atoms with E-state index in [0.29, 0.717) is 0 Å². The highest BCUT2D eigenvalue weighted by Gasteiger charge is 2.29. The van der Waals surface area contributed by atoms with Crippen molar-refractivity contribution in [1.82, 2.24) is 0 Å². The normalized spacial score (nSPS) is 15.6. The van der Waals surface area contributed by atoms with Crippen LogP contribution in [0.1, 0.15) is 19.4 Å². The Labute approximate surface area is 173 Å². The first-order valence-corrected chi connectivity index (χ1v) is 13.8. The quantitative estimate of drug-likeness (QED) is 0.561. The molecule has 160 valence electrons. The summed E-state index contributed by atoms with van der Waals surface area (Å²) >= 11 is 0. The van der Waals surface area contributed by atoms with Crippen molar-refractivity contribution in [2.24, 2.45) is 9.69 Å². The molecule has 0 fully saturated rings. The van der Waals surface area contributed by atoms with Crippen LogP contribution >= 0.6 is 0 Å². The average Bonchev–Trinajstić information content (AvgIpc) is 2.60. The molecule has 0 saturated carbocycles. The summed E-state index contributed by atoms with van der Waals surface area (Å²) < 4.78 is 71.7. The van der Waals surface area contributed by atoms with Crippen LogP contribution < -0.4 is 0 Å². The van der Waals surface area contributed by atoms with E-state index >= 15 is 0 Å². The third-order valence-corrected chi connectivity index (χ3v) is 9.08. The Morgan fingerprint density at radius 2 is 1.41 bits per heavy atom. The lowest BCUT2D eigenvalue weighted by Gasteiger charge is -2.22. The number of hydrogen-bond donors (Lipinski definition) is 0. The van der Waals surface area contributed by atoms with Crippen LogP contribution in [-0.4, -0.2) is 39.2 Å². The summed E-state index contributed by atoms with van der Waals surface area (Å²) in [5.74, 6) is -0.723. The molecule has 2 aromatic rings. The van der Waals surface area contributed by atoms with Gasteiger partial charge >= 0.3 is 0 Å². The molecule has 0 aliphatic heterocycles. The maximum absolute atomic E-state index is 13.8. The fourth-order valence-electron chi connectivity index (χ4n) is 2.49. The SMILES string of the molecule is Cc1ccc(S(=O)(=O)N=[S@@](=O)(C[C@H](OS(C)(=O)=O)C(C)C)c2ccccc2)cc1. The van der Waals surface area contributed by atoms with Crippen LogP contribution in [0.15, 0.2) is 68.2 Å². The minimum atomic E-state index is -4.25. The van der Waals surface area contributed by atoms with Gasteiger partial charge in [-0.1, -0.05) is 49.7 Å². The third kappa shape index (κ3) is 6.63. The van der Waals surface area contributed by atoms with Crippen LogP contribution in [0.2, 0.25) is 0 Å². The van der Waals surface area contributed by atoms with Crippen molar-refractivity contribution in [3.8, 4) is 0 Å². The molecule has 2 aromatic carbocycles. The van der Waals surface area contributed by atoms with Gasteiger partial charge in [-0.25, -0.2) is 4.21 Å². The molecule has 0 N–H and O–H groups in total. The number of nitrogens with zero attached hydrogens (tertiary/aromatic N) is 1. The molecular weight excluding hydrogens is 434 g/mol. The molecule has 0 radical (unpaired) electrons. The zero-order valence-electron chi connectivity index (χ0n) is 16.7. The molecule has 2 atom stereocenters. The molecule has 0 amide bonds. The Morgan fingerprint density at radius 1 is 0.862 bits per heavy atom. The number of hydrogen-bond acceptors (Lipinski definition) is 6. The van der Waals surface area contributed by atoms with Gasteiger partial charge in [0.05, 0.1) is 32.7 Å². The van der Waals surface area contributed by atoms with Crippen molar-refractivity contribution < 1.29 is 25.2 Å². The molecule has 0 aromatic heterocycles. The Bertz CT molecular complexity index is 1160. The van der Waals surface area contributed by atoms with Gasteiger partial charge in [-0.3, -0.25) is 4.18 Å². The molecule has 29 heavy (non-hydrogen) atoms.